The van der Waals surface area contributed by atoms with Crippen molar-refractivity contribution in [3.63, 3.8) is 0 Å². The van der Waals surface area contributed by atoms with Gasteiger partial charge in [-0.15, -0.1) is 0 Å². The Morgan fingerprint density at radius 3 is 2.32 bits per heavy atom. The van der Waals surface area contributed by atoms with Crippen molar-refractivity contribution in [3.05, 3.63) is 35.9 Å². The van der Waals surface area contributed by atoms with Gasteiger partial charge < -0.3 is 10.6 Å². The Kier molecular flexibility index (Phi) is 4.20. The van der Waals surface area contributed by atoms with Crippen molar-refractivity contribution in [2.24, 2.45) is 5.92 Å². The Morgan fingerprint density at radius 2 is 1.74 bits per heavy atom. The summed E-state index contributed by atoms with van der Waals surface area (Å²) in [6, 6.07) is 8.59. The third-order valence-corrected chi connectivity index (χ3v) is 3.48. The summed E-state index contributed by atoms with van der Waals surface area (Å²) in [5.41, 5.74) is 0.567. The Labute approximate surface area is 113 Å². The lowest BCUT2D eigenvalue weighted by Crippen LogP contribution is -2.47. The van der Waals surface area contributed by atoms with Crippen molar-refractivity contribution in [2.75, 3.05) is 0 Å². The van der Waals surface area contributed by atoms with Gasteiger partial charge in [0.15, 0.2) is 0 Å². The van der Waals surface area contributed by atoms with Crippen molar-refractivity contribution in [1.29, 1.82) is 0 Å². The highest BCUT2D eigenvalue weighted by atomic mass is 16.2. The lowest BCUT2D eigenvalue weighted by molar-refractivity contribution is -0.123. The predicted octanol–water partition coefficient (Wildman–Crippen LogP) is 1.72. The fraction of sp³-hybridized carbons (Fsp3) is 0.467. The monoisotopic (exact) mass is 260 g/mol. The molecule has 19 heavy (non-hydrogen) atoms. The van der Waals surface area contributed by atoms with E-state index in [-0.39, 0.29) is 17.9 Å². The Hall–Kier alpha value is -1.84. The summed E-state index contributed by atoms with van der Waals surface area (Å²) >= 11 is 0. The second-order valence-corrected chi connectivity index (χ2v) is 5.20. The summed E-state index contributed by atoms with van der Waals surface area (Å²) in [6.45, 7) is 3.72. The van der Waals surface area contributed by atoms with E-state index >= 15 is 0 Å². The van der Waals surface area contributed by atoms with Crippen molar-refractivity contribution < 1.29 is 9.59 Å². The Morgan fingerprint density at radius 1 is 1.11 bits per heavy atom. The van der Waals surface area contributed by atoms with Crippen LogP contribution >= 0.6 is 0 Å². The summed E-state index contributed by atoms with van der Waals surface area (Å²) in [5, 5.41) is 5.65. The van der Waals surface area contributed by atoms with Crippen molar-refractivity contribution in [3.8, 4) is 0 Å². The number of carbonyl (C=O) groups is 2. The first-order valence-electron chi connectivity index (χ1n) is 6.74. The first kappa shape index (κ1) is 13.6. The third kappa shape index (κ3) is 3.81. The zero-order valence-corrected chi connectivity index (χ0v) is 11.3. The van der Waals surface area contributed by atoms with E-state index in [9.17, 15) is 9.59 Å². The fourth-order valence-corrected chi connectivity index (χ4v) is 2.00. The summed E-state index contributed by atoms with van der Waals surface area (Å²) in [4.78, 5) is 23.8. The van der Waals surface area contributed by atoms with Crippen LogP contribution in [0.5, 0.6) is 0 Å². The summed E-state index contributed by atoms with van der Waals surface area (Å²) < 4.78 is 0. The molecule has 1 aromatic carbocycles. The van der Waals surface area contributed by atoms with Crippen LogP contribution in [-0.4, -0.2) is 23.9 Å². The largest absolute Gasteiger partial charge is 0.352 e. The molecule has 2 unspecified atom stereocenters. The van der Waals surface area contributed by atoms with Crippen LogP contribution in [0.1, 0.15) is 37.0 Å². The molecule has 1 fully saturated rings. The molecule has 2 N–H and O–H groups in total. The molecule has 4 nitrogen and oxygen atoms in total. The number of carbonyl (C=O) groups excluding carboxylic acids is 2. The van der Waals surface area contributed by atoms with Gasteiger partial charge in [-0.1, -0.05) is 18.2 Å². The zero-order chi connectivity index (χ0) is 13.8. The topological polar surface area (TPSA) is 58.2 Å². The van der Waals surface area contributed by atoms with Gasteiger partial charge in [0.05, 0.1) is 0 Å². The highest BCUT2D eigenvalue weighted by Crippen LogP contribution is 2.32. The van der Waals surface area contributed by atoms with Crippen LogP contribution in [0.15, 0.2) is 30.3 Å². The molecule has 2 rings (SSSR count). The van der Waals surface area contributed by atoms with Crippen LogP contribution in [-0.2, 0) is 4.79 Å². The summed E-state index contributed by atoms with van der Waals surface area (Å²) in [6.07, 6.45) is 2.37. The second kappa shape index (κ2) is 5.87. The normalized spacial score (nSPS) is 17.4. The van der Waals surface area contributed by atoms with Crippen LogP contribution in [0.3, 0.4) is 0 Å². The first-order valence-corrected chi connectivity index (χ1v) is 6.74. The quantitative estimate of drug-likeness (QED) is 0.847. The molecule has 4 heteroatoms. The van der Waals surface area contributed by atoms with Crippen LogP contribution in [0.25, 0.3) is 0 Å². The SMILES string of the molecule is CC(NC(=O)c1ccccc1)C(=O)NC(C)C1CC1. The van der Waals surface area contributed by atoms with Crippen LogP contribution in [0.4, 0.5) is 0 Å². The molecule has 1 aliphatic rings. The van der Waals surface area contributed by atoms with E-state index < -0.39 is 6.04 Å². The number of benzene rings is 1. The average Bonchev–Trinajstić information content (AvgIpc) is 3.23. The van der Waals surface area contributed by atoms with E-state index in [1.54, 1.807) is 31.2 Å². The van der Waals surface area contributed by atoms with Gasteiger partial charge >= 0.3 is 0 Å². The molecule has 0 heterocycles. The molecule has 1 saturated carbocycles. The van der Waals surface area contributed by atoms with E-state index in [1.807, 2.05) is 13.0 Å². The van der Waals surface area contributed by atoms with Gasteiger partial charge in [0.2, 0.25) is 5.91 Å². The lowest BCUT2D eigenvalue weighted by Gasteiger charge is -2.18. The van der Waals surface area contributed by atoms with Gasteiger partial charge in [-0.3, -0.25) is 9.59 Å². The molecule has 2 amide bonds. The van der Waals surface area contributed by atoms with Crippen LogP contribution in [0, 0.1) is 5.92 Å². The Bertz CT molecular complexity index is 454. The maximum Gasteiger partial charge on any atom is 0.251 e. The van der Waals surface area contributed by atoms with Gasteiger partial charge in [0.1, 0.15) is 6.04 Å². The maximum atomic E-state index is 11.9. The highest BCUT2D eigenvalue weighted by molar-refractivity contribution is 5.97. The van der Waals surface area contributed by atoms with E-state index in [2.05, 4.69) is 10.6 Å². The molecule has 0 saturated heterocycles. The van der Waals surface area contributed by atoms with E-state index in [0.717, 1.165) is 0 Å². The molecule has 0 aliphatic heterocycles. The highest BCUT2D eigenvalue weighted by Gasteiger charge is 2.30. The Balaban J connectivity index is 1.84. The molecule has 0 aromatic heterocycles. The van der Waals surface area contributed by atoms with Crippen LogP contribution in [0.2, 0.25) is 0 Å². The first-order chi connectivity index (χ1) is 9.08. The number of amides is 2. The number of hydrogen-bond acceptors (Lipinski definition) is 2. The minimum atomic E-state index is -0.520. The standard InChI is InChI=1S/C15H20N2O2/c1-10(12-8-9-12)16-14(18)11(2)17-15(19)13-6-4-3-5-7-13/h3-7,10-12H,8-9H2,1-2H3,(H,16,18)(H,17,19). The van der Waals surface area contributed by atoms with Gasteiger partial charge in [0.25, 0.3) is 5.91 Å². The summed E-state index contributed by atoms with van der Waals surface area (Å²) in [5.74, 6) is 0.270. The van der Waals surface area contributed by atoms with Gasteiger partial charge in [-0.05, 0) is 44.7 Å². The minimum absolute atomic E-state index is 0.122. The minimum Gasteiger partial charge on any atom is -0.352 e. The van der Waals surface area contributed by atoms with E-state index in [4.69, 9.17) is 0 Å². The van der Waals surface area contributed by atoms with Crippen LogP contribution < -0.4 is 10.6 Å². The van der Waals surface area contributed by atoms with Gasteiger partial charge in [0, 0.05) is 11.6 Å². The second-order valence-electron chi connectivity index (χ2n) is 5.20. The summed E-state index contributed by atoms with van der Waals surface area (Å²) in [7, 11) is 0. The molecule has 0 bridgehead atoms. The molecule has 0 spiro atoms. The molecular formula is C15H20N2O2. The number of rotatable bonds is 5. The molecular weight excluding hydrogens is 240 g/mol. The smallest absolute Gasteiger partial charge is 0.251 e. The van der Waals surface area contributed by atoms with Crippen molar-refractivity contribution in [2.45, 2.75) is 38.8 Å². The fourth-order valence-electron chi connectivity index (χ4n) is 2.00. The van der Waals surface area contributed by atoms with Crippen molar-refractivity contribution >= 4 is 11.8 Å². The lowest BCUT2D eigenvalue weighted by atomic mass is 10.2. The molecule has 102 valence electrons. The average molecular weight is 260 g/mol. The van der Waals surface area contributed by atoms with E-state index in [0.29, 0.717) is 11.5 Å². The van der Waals surface area contributed by atoms with Gasteiger partial charge in [-0.2, -0.15) is 0 Å². The van der Waals surface area contributed by atoms with E-state index in [1.165, 1.54) is 12.8 Å². The van der Waals surface area contributed by atoms with Gasteiger partial charge in [-0.25, -0.2) is 0 Å². The number of nitrogens with one attached hydrogen (secondary N) is 2. The third-order valence-electron chi connectivity index (χ3n) is 3.48. The molecule has 2 atom stereocenters. The number of hydrogen-bond donors (Lipinski definition) is 2. The molecule has 0 radical (unpaired) electrons. The molecule has 1 aromatic rings. The molecule has 1 aliphatic carbocycles. The predicted molar refractivity (Wildman–Crippen MR) is 73.7 cm³/mol. The maximum absolute atomic E-state index is 11.9. The van der Waals surface area contributed by atoms with Crippen molar-refractivity contribution in [1.82, 2.24) is 10.6 Å². The zero-order valence-electron chi connectivity index (χ0n) is 11.3.